The van der Waals surface area contributed by atoms with E-state index in [-0.39, 0.29) is 18.0 Å². The van der Waals surface area contributed by atoms with Crippen molar-refractivity contribution in [2.45, 2.75) is 70.4 Å². The Kier molecular flexibility index (Phi) is 4.73. The Morgan fingerprint density at radius 3 is 2.73 bits per heavy atom. The highest BCUT2D eigenvalue weighted by molar-refractivity contribution is 7.11. The van der Waals surface area contributed by atoms with E-state index in [1.54, 1.807) is 23.2 Å². The van der Waals surface area contributed by atoms with E-state index in [4.69, 9.17) is 4.74 Å². The predicted octanol–water partition coefficient (Wildman–Crippen LogP) is 3.87. The SMILES string of the molecule is CCOC(=O)C1=C(C)N(C2CC2)C(=O)NC1c1cnc(C2CCCC2)s1. The Labute approximate surface area is 157 Å². The lowest BCUT2D eigenvalue weighted by molar-refractivity contribution is -0.139. The van der Waals surface area contributed by atoms with Crippen LogP contribution in [0.15, 0.2) is 17.5 Å². The fraction of sp³-hybridized carbons (Fsp3) is 0.632. The Morgan fingerprint density at radius 2 is 2.08 bits per heavy atom. The molecule has 1 atom stereocenters. The summed E-state index contributed by atoms with van der Waals surface area (Å²) in [6.45, 7) is 3.97. The molecule has 26 heavy (non-hydrogen) atoms. The van der Waals surface area contributed by atoms with Crippen LogP contribution in [0, 0.1) is 0 Å². The summed E-state index contributed by atoms with van der Waals surface area (Å²) in [5.41, 5.74) is 1.26. The van der Waals surface area contributed by atoms with Crippen molar-refractivity contribution in [3.8, 4) is 0 Å². The van der Waals surface area contributed by atoms with Gasteiger partial charge in [-0.15, -0.1) is 11.3 Å². The Bertz CT molecular complexity index is 747. The van der Waals surface area contributed by atoms with Crippen molar-refractivity contribution in [2.24, 2.45) is 0 Å². The average molecular weight is 375 g/mol. The lowest BCUT2D eigenvalue weighted by Gasteiger charge is -2.34. The van der Waals surface area contributed by atoms with Gasteiger partial charge in [0.25, 0.3) is 0 Å². The highest BCUT2D eigenvalue weighted by Gasteiger charge is 2.43. The molecule has 7 heteroatoms. The molecule has 0 aromatic carbocycles. The second-order valence-corrected chi connectivity index (χ2v) is 8.38. The lowest BCUT2D eigenvalue weighted by Crippen LogP contribution is -2.48. The standard InChI is InChI=1S/C19H25N3O3S/c1-3-25-18(23)15-11(2)22(13-8-9-13)19(24)21-16(15)14-10-20-17(26-14)12-6-4-5-7-12/h10,12-13,16H,3-9H2,1-2H3,(H,21,24). The number of aromatic nitrogens is 1. The van der Waals surface area contributed by atoms with Crippen LogP contribution in [0.3, 0.4) is 0 Å². The molecular formula is C19H25N3O3S. The zero-order valence-corrected chi connectivity index (χ0v) is 16.1. The first-order valence-corrected chi connectivity index (χ1v) is 10.3. The average Bonchev–Trinajstić information content (AvgIpc) is 3.11. The molecule has 0 spiro atoms. The topological polar surface area (TPSA) is 71.5 Å². The summed E-state index contributed by atoms with van der Waals surface area (Å²) in [6, 6.07) is -0.390. The molecule has 0 bridgehead atoms. The number of nitrogens with one attached hydrogen (secondary N) is 1. The van der Waals surface area contributed by atoms with E-state index < -0.39 is 6.04 Å². The Hall–Kier alpha value is -1.89. The van der Waals surface area contributed by atoms with E-state index in [0.717, 1.165) is 28.4 Å². The van der Waals surface area contributed by atoms with Crippen LogP contribution < -0.4 is 5.32 Å². The van der Waals surface area contributed by atoms with Crippen molar-refractivity contribution in [3.05, 3.63) is 27.4 Å². The van der Waals surface area contributed by atoms with E-state index in [1.165, 1.54) is 25.7 Å². The molecular weight excluding hydrogens is 350 g/mol. The fourth-order valence-electron chi connectivity index (χ4n) is 4.01. The smallest absolute Gasteiger partial charge is 0.338 e. The van der Waals surface area contributed by atoms with Crippen LogP contribution in [0.4, 0.5) is 4.79 Å². The van der Waals surface area contributed by atoms with Gasteiger partial charge in [-0.25, -0.2) is 14.6 Å². The van der Waals surface area contributed by atoms with Gasteiger partial charge in [-0.2, -0.15) is 0 Å². The first-order chi connectivity index (χ1) is 12.6. The van der Waals surface area contributed by atoms with Gasteiger partial charge in [0.15, 0.2) is 0 Å². The highest BCUT2D eigenvalue weighted by atomic mass is 32.1. The molecule has 140 valence electrons. The van der Waals surface area contributed by atoms with Crippen molar-refractivity contribution in [2.75, 3.05) is 6.61 Å². The van der Waals surface area contributed by atoms with Crippen molar-refractivity contribution in [1.82, 2.24) is 15.2 Å². The second-order valence-electron chi connectivity index (χ2n) is 7.29. The van der Waals surface area contributed by atoms with Gasteiger partial charge in [0.1, 0.15) is 6.04 Å². The third-order valence-corrected chi connectivity index (χ3v) is 6.69. The molecule has 1 aromatic heterocycles. The van der Waals surface area contributed by atoms with Crippen molar-refractivity contribution in [1.29, 1.82) is 0 Å². The maximum Gasteiger partial charge on any atom is 0.338 e. The maximum absolute atomic E-state index is 12.7. The zero-order chi connectivity index (χ0) is 18.3. The number of amides is 2. The van der Waals surface area contributed by atoms with Crippen molar-refractivity contribution in [3.63, 3.8) is 0 Å². The number of carbonyl (C=O) groups is 2. The van der Waals surface area contributed by atoms with Crippen LogP contribution in [-0.4, -0.2) is 34.5 Å². The first kappa shape index (κ1) is 17.5. The number of nitrogens with zero attached hydrogens (tertiary/aromatic N) is 2. The molecule has 2 fully saturated rings. The number of hydrogen-bond donors (Lipinski definition) is 1. The summed E-state index contributed by atoms with van der Waals surface area (Å²) in [5.74, 6) is 0.170. The van der Waals surface area contributed by atoms with E-state index in [2.05, 4.69) is 10.3 Å². The van der Waals surface area contributed by atoms with Gasteiger partial charge in [-0.05, 0) is 39.5 Å². The largest absolute Gasteiger partial charge is 0.463 e. The van der Waals surface area contributed by atoms with E-state index in [9.17, 15) is 9.59 Å². The molecule has 0 radical (unpaired) electrons. The van der Waals surface area contributed by atoms with Crippen LogP contribution in [0.25, 0.3) is 0 Å². The molecule has 1 N–H and O–H groups in total. The molecule has 1 aromatic rings. The van der Waals surface area contributed by atoms with Gasteiger partial charge in [-0.3, -0.25) is 4.90 Å². The first-order valence-electron chi connectivity index (χ1n) is 9.53. The number of allylic oxidation sites excluding steroid dienone is 1. The minimum Gasteiger partial charge on any atom is -0.463 e. The number of esters is 1. The number of ether oxygens (including phenoxy) is 1. The third-order valence-electron chi connectivity index (χ3n) is 5.46. The summed E-state index contributed by atoms with van der Waals surface area (Å²) in [7, 11) is 0. The van der Waals surface area contributed by atoms with Crippen molar-refractivity contribution < 1.29 is 14.3 Å². The summed E-state index contributed by atoms with van der Waals surface area (Å²) in [5, 5.41) is 4.15. The highest BCUT2D eigenvalue weighted by Crippen LogP contribution is 2.41. The van der Waals surface area contributed by atoms with Gasteiger partial charge in [0, 0.05) is 23.9 Å². The predicted molar refractivity (Wildman–Crippen MR) is 98.8 cm³/mol. The summed E-state index contributed by atoms with van der Waals surface area (Å²) >= 11 is 1.62. The zero-order valence-electron chi connectivity index (χ0n) is 15.3. The quantitative estimate of drug-likeness (QED) is 0.793. The summed E-state index contributed by atoms with van der Waals surface area (Å²) < 4.78 is 5.30. The van der Waals surface area contributed by atoms with Gasteiger partial charge in [0.2, 0.25) is 0 Å². The molecule has 1 aliphatic heterocycles. The van der Waals surface area contributed by atoms with Gasteiger partial charge >= 0.3 is 12.0 Å². The van der Waals surface area contributed by atoms with Gasteiger partial charge < -0.3 is 10.1 Å². The molecule has 2 heterocycles. The minimum atomic E-state index is -0.468. The molecule has 4 rings (SSSR count). The molecule has 6 nitrogen and oxygen atoms in total. The molecule has 2 amide bonds. The number of rotatable bonds is 5. The Balaban J connectivity index is 1.68. The van der Waals surface area contributed by atoms with Gasteiger partial charge in [-0.1, -0.05) is 12.8 Å². The molecule has 1 unspecified atom stereocenters. The normalized spacial score (nSPS) is 24.2. The molecule has 3 aliphatic rings. The maximum atomic E-state index is 12.7. The van der Waals surface area contributed by atoms with Crippen LogP contribution in [0.1, 0.15) is 74.2 Å². The van der Waals surface area contributed by atoms with E-state index in [1.807, 2.05) is 13.1 Å². The van der Waals surface area contributed by atoms with Crippen molar-refractivity contribution >= 4 is 23.3 Å². The van der Waals surface area contributed by atoms with Crippen LogP contribution in [0.2, 0.25) is 0 Å². The fourth-order valence-corrected chi connectivity index (χ4v) is 5.16. The molecule has 0 saturated heterocycles. The second kappa shape index (κ2) is 7.02. The third kappa shape index (κ3) is 3.13. The summed E-state index contributed by atoms with van der Waals surface area (Å²) in [6.07, 6.45) is 8.66. The van der Waals surface area contributed by atoms with Crippen LogP contribution in [0.5, 0.6) is 0 Å². The molecule has 2 aliphatic carbocycles. The van der Waals surface area contributed by atoms with Crippen LogP contribution in [-0.2, 0) is 9.53 Å². The number of carbonyl (C=O) groups excluding carboxylic acids is 2. The van der Waals surface area contributed by atoms with Crippen LogP contribution >= 0.6 is 11.3 Å². The number of thiazole rings is 1. The van der Waals surface area contributed by atoms with Gasteiger partial charge in [0.05, 0.1) is 22.1 Å². The molecule has 2 saturated carbocycles. The van der Waals surface area contributed by atoms with E-state index in [0.29, 0.717) is 18.1 Å². The Morgan fingerprint density at radius 1 is 1.35 bits per heavy atom. The number of hydrogen-bond acceptors (Lipinski definition) is 5. The monoisotopic (exact) mass is 375 g/mol. The lowest BCUT2D eigenvalue weighted by atomic mass is 10.0. The summed E-state index contributed by atoms with van der Waals surface area (Å²) in [4.78, 5) is 32.6. The number of urea groups is 1. The van der Waals surface area contributed by atoms with E-state index >= 15 is 0 Å². The minimum absolute atomic E-state index is 0.126.